The molecule has 0 saturated carbocycles. The minimum atomic E-state index is -2.95. The van der Waals surface area contributed by atoms with Crippen LogP contribution < -0.4 is 10.6 Å². The Kier molecular flexibility index (Phi) is 3.66. The second kappa shape index (κ2) is 5.31. The number of nitrogens with two attached hydrogens (primary N) is 1. The zero-order chi connectivity index (χ0) is 14.2. The number of hydrogen-bond acceptors (Lipinski definition) is 6. The lowest BCUT2D eigenvalue weighted by Gasteiger charge is -2.39. The molecule has 2 aliphatic heterocycles. The van der Waals surface area contributed by atoms with E-state index >= 15 is 0 Å². The Morgan fingerprint density at radius 3 is 2.45 bits per heavy atom. The van der Waals surface area contributed by atoms with Gasteiger partial charge in [-0.25, -0.2) is 13.4 Å². The summed E-state index contributed by atoms with van der Waals surface area (Å²) in [5, 5.41) is 0. The van der Waals surface area contributed by atoms with E-state index < -0.39 is 9.84 Å². The lowest BCUT2D eigenvalue weighted by molar-refractivity contribution is 0.187. The smallest absolute Gasteiger partial charge is 0.153 e. The number of sulfone groups is 1. The van der Waals surface area contributed by atoms with Gasteiger partial charge < -0.3 is 10.6 Å². The van der Waals surface area contributed by atoms with Gasteiger partial charge in [0.25, 0.3) is 0 Å². The van der Waals surface area contributed by atoms with Crippen LogP contribution in [-0.4, -0.2) is 68.1 Å². The third-order valence-corrected chi connectivity index (χ3v) is 5.86. The molecule has 0 amide bonds. The highest BCUT2D eigenvalue weighted by Crippen LogP contribution is 2.20. The van der Waals surface area contributed by atoms with Crippen molar-refractivity contribution in [1.82, 2.24) is 9.88 Å². The molecule has 20 heavy (non-hydrogen) atoms. The fourth-order valence-corrected chi connectivity index (χ4v) is 4.98. The van der Waals surface area contributed by atoms with Crippen molar-refractivity contribution in [3.63, 3.8) is 0 Å². The van der Waals surface area contributed by atoms with Crippen molar-refractivity contribution < 1.29 is 8.42 Å². The fraction of sp³-hybridized carbons (Fsp3) is 0.615. The van der Waals surface area contributed by atoms with Gasteiger partial charge in [0.15, 0.2) is 9.84 Å². The summed E-state index contributed by atoms with van der Waals surface area (Å²) in [6.07, 6.45) is 1.79. The van der Waals surface area contributed by atoms with Crippen molar-refractivity contribution in [2.45, 2.75) is 12.1 Å². The summed E-state index contributed by atoms with van der Waals surface area (Å²) in [5.74, 6) is 1.31. The largest absolute Gasteiger partial charge is 0.354 e. The van der Waals surface area contributed by atoms with E-state index in [9.17, 15) is 8.42 Å². The van der Waals surface area contributed by atoms with E-state index in [0.29, 0.717) is 0 Å². The summed E-state index contributed by atoms with van der Waals surface area (Å²) >= 11 is 0. The van der Waals surface area contributed by atoms with Crippen LogP contribution in [0.5, 0.6) is 0 Å². The Bertz CT molecular complexity index is 555. The minimum absolute atomic E-state index is 0.0223. The van der Waals surface area contributed by atoms with Gasteiger partial charge in [0.2, 0.25) is 0 Å². The van der Waals surface area contributed by atoms with Crippen molar-refractivity contribution in [2.24, 2.45) is 5.73 Å². The molecule has 3 rings (SSSR count). The summed E-state index contributed by atoms with van der Waals surface area (Å²) in [5.41, 5.74) is 5.98. The van der Waals surface area contributed by atoms with Gasteiger partial charge in [0, 0.05) is 44.5 Å². The zero-order valence-corrected chi connectivity index (χ0v) is 12.2. The monoisotopic (exact) mass is 296 g/mol. The van der Waals surface area contributed by atoms with Gasteiger partial charge in [0.1, 0.15) is 5.82 Å². The molecule has 2 N–H and O–H groups in total. The molecule has 3 heterocycles. The molecule has 1 aromatic rings. The van der Waals surface area contributed by atoms with Gasteiger partial charge >= 0.3 is 0 Å². The normalized spacial score (nSPS) is 30.6. The van der Waals surface area contributed by atoms with E-state index in [4.69, 9.17) is 5.73 Å². The van der Waals surface area contributed by atoms with Crippen molar-refractivity contribution in [3.8, 4) is 0 Å². The first-order chi connectivity index (χ1) is 9.55. The van der Waals surface area contributed by atoms with Crippen LogP contribution in [0.2, 0.25) is 0 Å². The van der Waals surface area contributed by atoms with Crippen LogP contribution in [0.15, 0.2) is 24.4 Å². The van der Waals surface area contributed by atoms with E-state index in [-0.39, 0.29) is 23.6 Å². The Labute approximate surface area is 119 Å². The first kappa shape index (κ1) is 13.8. The predicted octanol–water partition coefficient (Wildman–Crippen LogP) is -0.672. The second-order valence-corrected chi connectivity index (χ2v) is 7.67. The summed E-state index contributed by atoms with van der Waals surface area (Å²) in [6.45, 7) is 3.40. The molecule has 110 valence electrons. The van der Waals surface area contributed by atoms with Crippen LogP contribution in [0.25, 0.3) is 0 Å². The molecule has 2 atom stereocenters. The van der Waals surface area contributed by atoms with Crippen LogP contribution in [-0.2, 0) is 9.84 Å². The van der Waals surface area contributed by atoms with Gasteiger partial charge in [-0.15, -0.1) is 0 Å². The lowest BCUT2D eigenvalue weighted by Crippen LogP contribution is -2.55. The van der Waals surface area contributed by atoms with Gasteiger partial charge in [-0.2, -0.15) is 0 Å². The standard InChI is InChI=1S/C13H20N4O2S/c14-11-9-20(18,19)10-12(11)16-5-7-17(8-6-16)13-3-1-2-4-15-13/h1-4,11-12H,5-10,14H2. The van der Waals surface area contributed by atoms with Gasteiger partial charge in [0.05, 0.1) is 11.5 Å². The summed E-state index contributed by atoms with van der Waals surface area (Å²) in [7, 11) is -2.95. The second-order valence-electron chi connectivity index (χ2n) is 5.52. The highest BCUT2D eigenvalue weighted by atomic mass is 32.2. The predicted molar refractivity (Wildman–Crippen MR) is 78.4 cm³/mol. The molecule has 2 aliphatic rings. The molecule has 0 bridgehead atoms. The van der Waals surface area contributed by atoms with Crippen molar-refractivity contribution in [3.05, 3.63) is 24.4 Å². The number of anilines is 1. The Balaban J connectivity index is 1.62. The summed E-state index contributed by atoms with van der Waals surface area (Å²) in [4.78, 5) is 8.79. The molecule has 0 spiro atoms. The number of pyridine rings is 1. The summed E-state index contributed by atoms with van der Waals surface area (Å²) < 4.78 is 23.3. The summed E-state index contributed by atoms with van der Waals surface area (Å²) in [6, 6.07) is 5.62. The molecule has 0 radical (unpaired) electrons. The Hall–Kier alpha value is -1.18. The first-order valence-electron chi connectivity index (χ1n) is 6.91. The van der Waals surface area contributed by atoms with Crippen molar-refractivity contribution >= 4 is 15.7 Å². The van der Waals surface area contributed by atoms with E-state index in [1.165, 1.54) is 0 Å². The maximum absolute atomic E-state index is 11.7. The van der Waals surface area contributed by atoms with E-state index in [2.05, 4.69) is 14.8 Å². The highest BCUT2D eigenvalue weighted by molar-refractivity contribution is 7.91. The molecule has 2 saturated heterocycles. The molecule has 0 aliphatic carbocycles. The van der Waals surface area contributed by atoms with E-state index in [1.807, 2.05) is 18.2 Å². The molecule has 7 heteroatoms. The molecule has 6 nitrogen and oxygen atoms in total. The maximum atomic E-state index is 11.7. The number of aromatic nitrogens is 1. The molecule has 0 aromatic carbocycles. The van der Waals surface area contributed by atoms with Crippen LogP contribution in [0.1, 0.15) is 0 Å². The van der Waals surface area contributed by atoms with Crippen LogP contribution in [0.4, 0.5) is 5.82 Å². The zero-order valence-electron chi connectivity index (χ0n) is 11.4. The molecular formula is C13H20N4O2S. The van der Waals surface area contributed by atoms with Crippen molar-refractivity contribution in [1.29, 1.82) is 0 Å². The SMILES string of the molecule is NC1CS(=O)(=O)CC1N1CCN(c2ccccn2)CC1. The Morgan fingerprint density at radius 1 is 1.15 bits per heavy atom. The Morgan fingerprint density at radius 2 is 1.90 bits per heavy atom. The highest BCUT2D eigenvalue weighted by Gasteiger charge is 2.39. The lowest BCUT2D eigenvalue weighted by atomic mass is 10.1. The topological polar surface area (TPSA) is 79.5 Å². The van der Waals surface area contributed by atoms with Crippen LogP contribution in [0, 0.1) is 0 Å². The minimum Gasteiger partial charge on any atom is -0.354 e. The molecule has 1 aromatic heterocycles. The van der Waals surface area contributed by atoms with Crippen LogP contribution >= 0.6 is 0 Å². The first-order valence-corrected chi connectivity index (χ1v) is 8.73. The van der Waals surface area contributed by atoms with E-state index in [1.54, 1.807) is 6.20 Å². The quantitative estimate of drug-likeness (QED) is 0.779. The van der Waals surface area contributed by atoms with Crippen LogP contribution in [0.3, 0.4) is 0 Å². The third kappa shape index (κ3) is 2.79. The third-order valence-electron chi connectivity index (χ3n) is 4.12. The fourth-order valence-electron chi connectivity index (χ4n) is 3.06. The van der Waals surface area contributed by atoms with Gasteiger partial charge in [-0.05, 0) is 12.1 Å². The number of hydrogen-bond donors (Lipinski definition) is 1. The van der Waals surface area contributed by atoms with Crippen molar-refractivity contribution in [2.75, 3.05) is 42.6 Å². The molecule has 2 fully saturated rings. The number of nitrogens with zero attached hydrogens (tertiary/aromatic N) is 3. The van der Waals surface area contributed by atoms with Gasteiger partial charge in [-0.3, -0.25) is 4.90 Å². The average Bonchev–Trinajstić information content (AvgIpc) is 2.73. The van der Waals surface area contributed by atoms with E-state index in [0.717, 1.165) is 32.0 Å². The molecular weight excluding hydrogens is 276 g/mol. The number of piperazine rings is 1. The number of rotatable bonds is 2. The van der Waals surface area contributed by atoms with Gasteiger partial charge in [-0.1, -0.05) is 6.07 Å². The molecule has 2 unspecified atom stereocenters. The average molecular weight is 296 g/mol. The maximum Gasteiger partial charge on any atom is 0.153 e.